The molecule has 0 spiro atoms. The highest BCUT2D eigenvalue weighted by molar-refractivity contribution is 5.91. The second-order valence-corrected chi connectivity index (χ2v) is 5.33. The zero-order chi connectivity index (χ0) is 15.1. The van der Waals surface area contributed by atoms with E-state index in [1.807, 2.05) is 24.4 Å². The zero-order valence-electron chi connectivity index (χ0n) is 13.2. The summed E-state index contributed by atoms with van der Waals surface area (Å²) >= 11 is 0. The predicted molar refractivity (Wildman–Crippen MR) is 89.2 cm³/mol. The Kier molecular flexibility index (Phi) is 5.81. The van der Waals surface area contributed by atoms with E-state index in [-0.39, 0.29) is 0 Å². The van der Waals surface area contributed by atoms with Crippen LogP contribution in [-0.4, -0.2) is 43.7 Å². The van der Waals surface area contributed by atoms with Crippen molar-refractivity contribution in [1.29, 1.82) is 0 Å². The number of pyridine rings is 1. The number of benzene rings is 1. The number of aromatic nitrogens is 1. The molecule has 0 bridgehead atoms. The first kappa shape index (κ1) is 15.6. The molecule has 1 N–H and O–H groups in total. The maximum atomic E-state index is 5.36. The number of nitrogens with zero attached hydrogens (tertiary/aromatic N) is 2. The van der Waals surface area contributed by atoms with Gasteiger partial charge in [-0.05, 0) is 45.1 Å². The van der Waals surface area contributed by atoms with Gasteiger partial charge in [0.05, 0.1) is 18.3 Å². The summed E-state index contributed by atoms with van der Waals surface area (Å²) in [6.07, 6.45) is 4.14. The van der Waals surface area contributed by atoms with Crippen molar-refractivity contribution in [2.24, 2.45) is 0 Å². The van der Waals surface area contributed by atoms with Gasteiger partial charge in [0, 0.05) is 24.2 Å². The SMILES string of the molecule is CCCN(C)CCCNc1cc(OC)cc2cccnc12. The van der Waals surface area contributed by atoms with Gasteiger partial charge in [-0.3, -0.25) is 4.98 Å². The van der Waals surface area contributed by atoms with E-state index in [1.165, 1.54) is 6.42 Å². The van der Waals surface area contributed by atoms with Crippen LogP contribution in [-0.2, 0) is 0 Å². The number of fused-ring (bicyclic) bond motifs is 1. The number of anilines is 1. The average molecular weight is 287 g/mol. The fourth-order valence-corrected chi connectivity index (χ4v) is 2.48. The lowest BCUT2D eigenvalue weighted by Crippen LogP contribution is -2.22. The molecular weight excluding hydrogens is 262 g/mol. The van der Waals surface area contributed by atoms with E-state index < -0.39 is 0 Å². The van der Waals surface area contributed by atoms with Crippen LogP contribution in [0.3, 0.4) is 0 Å². The molecule has 2 aromatic rings. The summed E-state index contributed by atoms with van der Waals surface area (Å²) < 4.78 is 5.36. The molecule has 0 aliphatic carbocycles. The van der Waals surface area contributed by atoms with E-state index in [2.05, 4.69) is 35.2 Å². The van der Waals surface area contributed by atoms with Crippen molar-refractivity contribution in [2.45, 2.75) is 19.8 Å². The van der Waals surface area contributed by atoms with Crippen LogP contribution in [0.25, 0.3) is 10.9 Å². The fraction of sp³-hybridized carbons (Fsp3) is 0.471. The Hall–Kier alpha value is -1.81. The molecule has 0 atom stereocenters. The summed E-state index contributed by atoms with van der Waals surface area (Å²) in [5, 5.41) is 4.59. The molecule has 1 aromatic heterocycles. The lowest BCUT2D eigenvalue weighted by molar-refractivity contribution is 0.333. The molecule has 4 nitrogen and oxygen atoms in total. The number of nitrogens with one attached hydrogen (secondary N) is 1. The van der Waals surface area contributed by atoms with Crippen molar-refractivity contribution in [2.75, 3.05) is 39.1 Å². The number of rotatable bonds is 8. The summed E-state index contributed by atoms with van der Waals surface area (Å²) in [4.78, 5) is 6.84. The molecule has 21 heavy (non-hydrogen) atoms. The van der Waals surface area contributed by atoms with Crippen molar-refractivity contribution in [3.05, 3.63) is 30.5 Å². The topological polar surface area (TPSA) is 37.4 Å². The molecule has 0 fully saturated rings. The van der Waals surface area contributed by atoms with E-state index >= 15 is 0 Å². The minimum atomic E-state index is 0.862. The molecule has 0 amide bonds. The van der Waals surface area contributed by atoms with Crippen LogP contribution in [0.5, 0.6) is 5.75 Å². The Labute approximate surface area is 127 Å². The Balaban J connectivity index is 2.00. The van der Waals surface area contributed by atoms with Gasteiger partial charge in [-0.15, -0.1) is 0 Å². The van der Waals surface area contributed by atoms with Crippen LogP contribution in [0.15, 0.2) is 30.5 Å². The summed E-state index contributed by atoms with van der Waals surface area (Å²) in [5.41, 5.74) is 2.04. The van der Waals surface area contributed by atoms with E-state index in [9.17, 15) is 0 Å². The summed E-state index contributed by atoms with van der Waals surface area (Å²) in [5.74, 6) is 0.862. The lowest BCUT2D eigenvalue weighted by atomic mass is 10.1. The van der Waals surface area contributed by atoms with Gasteiger partial charge < -0.3 is 15.0 Å². The molecule has 2 rings (SSSR count). The maximum absolute atomic E-state index is 5.36. The Morgan fingerprint density at radius 1 is 1.29 bits per heavy atom. The van der Waals surface area contributed by atoms with Crippen molar-refractivity contribution in [3.8, 4) is 5.75 Å². The first-order valence-corrected chi connectivity index (χ1v) is 7.59. The third kappa shape index (κ3) is 4.33. The van der Waals surface area contributed by atoms with Crippen LogP contribution in [0, 0.1) is 0 Å². The molecule has 4 heteroatoms. The molecular formula is C17H25N3O. The predicted octanol–water partition coefficient (Wildman–Crippen LogP) is 3.39. The molecule has 0 radical (unpaired) electrons. The van der Waals surface area contributed by atoms with E-state index in [0.717, 1.165) is 48.4 Å². The van der Waals surface area contributed by atoms with Crippen LogP contribution >= 0.6 is 0 Å². The molecule has 114 valence electrons. The van der Waals surface area contributed by atoms with Gasteiger partial charge in [0.25, 0.3) is 0 Å². The van der Waals surface area contributed by atoms with Crippen LogP contribution in [0.4, 0.5) is 5.69 Å². The number of methoxy groups -OCH3 is 1. The quantitative estimate of drug-likeness (QED) is 0.755. The molecule has 0 aliphatic rings. The first-order chi connectivity index (χ1) is 10.2. The largest absolute Gasteiger partial charge is 0.497 e. The molecule has 0 saturated heterocycles. The van der Waals surface area contributed by atoms with Crippen molar-refractivity contribution in [1.82, 2.24) is 9.88 Å². The summed E-state index contributed by atoms with van der Waals surface area (Å²) in [7, 11) is 3.87. The van der Waals surface area contributed by atoms with Crippen LogP contribution in [0.2, 0.25) is 0 Å². The average Bonchev–Trinajstić information content (AvgIpc) is 2.51. The Morgan fingerprint density at radius 2 is 2.14 bits per heavy atom. The van der Waals surface area contributed by atoms with Crippen molar-refractivity contribution >= 4 is 16.6 Å². The van der Waals surface area contributed by atoms with Gasteiger partial charge in [-0.25, -0.2) is 0 Å². The molecule has 0 unspecified atom stereocenters. The van der Waals surface area contributed by atoms with E-state index in [0.29, 0.717) is 0 Å². The second-order valence-electron chi connectivity index (χ2n) is 5.33. The Bertz CT molecular complexity index is 571. The number of hydrogen-bond acceptors (Lipinski definition) is 4. The molecule has 0 saturated carbocycles. The third-order valence-corrected chi connectivity index (χ3v) is 3.55. The van der Waals surface area contributed by atoms with Crippen molar-refractivity contribution in [3.63, 3.8) is 0 Å². The van der Waals surface area contributed by atoms with Gasteiger partial charge >= 0.3 is 0 Å². The Morgan fingerprint density at radius 3 is 2.90 bits per heavy atom. The fourth-order valence-electron chi connectivity index (χ4n) is 2.48. The van der Waals surface area contributed by atoms with Crippen LogP contribution in [0.1, 0.15) is 19.8 Å². The number of ether oxygens (including phenoxy) is 1. The molecule has 0 aliphatic heterocycles. The van der Waals surface area contributed by atoms with Crippen molar-refractivity contribution < 1.29 is 4.74 Å². The normalized spacial score (nSPS) is 11.0. The van der Waals surface area contributed by atoms with Gasteiger partial charge in [-0.2, -0.15) is 0 Å². The zero-order valence-corrected chi connectivity index (χ0v) is 13.2. The highest BCUT2D eigenvalue weighted by Crippen LogP contribution is 2.27. The minimum absolute atomic E-state index is 0.862. The standard InChI is InChI=1S/C17H25N3O/c1-4-10-20(2)11-6-9-18-16-13-15(21-3)12-14-7-5-8-19-17(14)16/h5,7-8,12-13,18H,4,6,9-11H2,1-3H3. The highest BCUT2D eigenvalue weighted by atomic mass is 16.5. The second kappa shape index (κ2) is 7.84. The third-order valence-electron chi connectivity index (χ3n) is 3.55. The smallest absolute Gasteiger partial charge is 0.121 e. The van der Waals surface area contributed by atoms with Gasteiger partial charge in [0.2, 0.25) is 0 Å². The van der Waals surface area contributed by atoms with Gasteiger partial charge in [-0.1, -0.05) is 13.0 Å². The van der Waals surface area contributed by atoms with Gasteiger partial charge in [0.1, 0.15) is 5.75 Å². The minimum Gasteiger partial charge on any atom is -0.497 e. The maximum Gasteiger partial charge on any atom is 0.121 e. The van der Waals surface area contributed by atoms with Gasteiger partial charge in [0.15, 0.2) is 0 Å². The lowest BCUT2D eigenvalue weighted by Gasteiger charge is -2.16. The monoisotopic (exact) mass is 287 g/mol. The highest BCUT2D eigenvalue weighted by Gasteiger charge is 2.05. The van der Waals surface area contributed by atoms with Crippen LogP contribution < -0.4 is 10.1 Å². The van der Waals surface area contributed by atoms with E-state index in [4.69, 9.17) is 4.74 Å². The molecule has 1 aromatic carbocycles. The molecule has 1 heterocycles. The first-order valence-electron chi connectivity index (χ1n) is 7.59. The number of hydrogen-bond donors (Lipinski definition) is 1. The summed E-state index contributed by atoms with van der Waals surface area (Å²) in [6, 6.07) is 8.05. The summed E-state index contributed by atoms with van der Waals surface area (Å²) in [6.45, 7) is 5.41. The van der Waals surface area contributed by atoms with E-state index in [1.54, 1.807) is 7.11 Å².